The highest BCUT2D eigenvalue weighted by atomic mass is 16.6. The molecule has 3 aliphatic heterocycles. The lowest BCUT2D eigenvalue weighted by atomic mass is 9.96. The number of fused-ring (bicyclic) bond motifs is 1. The van der Waals surface area contributed by atoms with Crippen LogP contribution in [-0.4, -0.2) is 60.1 Å². The summed E-state index contributed by atoms with van der Waals surface area (Å²) in [4.78, 5) is 27.9. The Morgan fingerprint density at radius 2 is 2.12 bits per heavy atom. The molecule has 0 saturated carbocycles. The van der Waals surface area contributed by atoms with Gasteiger partial charge in [-0.15, -0.1) is 0 Å². The lowest BCUT2D eigenvalue weighted by Crippen LogP contribution is -2.40. The molecular formula is C18H23N3O3. The fourth-order valence-corrected chi connectivity index (χ4v) is 3.95. The normalized spacial score (nSPS) is 26.1. The van der Waals surface area contributed by atoms with Crippen molar-refractivity contribution in [2.24, 2.45) is 0 Å². The summed E-state index contributed by atoms with van der Waals surface area (Å²) in [6, 6.07) is 8.61. The van der Waals surface area contributed by atoms with Crippen molar-refractivity contribution in [2.45, 2.75) is 37.8 Å². The number of likely N-dealkylation sites (tertiary alicyclic amines) is 1. The molecule has 128 valence electrons. The third-order valence-corrected chi connectivity index (χ3v) is 5.31. The van der Waals surface area contributed by atoms with Crippen molar-refractivity contribution in [3.63, 3.8) is 0 Å². The zero-order valence-corrected chi connectivity index (χ0v) is 13.7. The highest BCUT2D eigenvalue weighted by Gasteiger charge is 2.36. The number of cyclic esters (lactones) is 1. The van der Waals surface area contributed by atoms with Crippen LogP contribution in [0, 0.1) is 0 Å². The molecular weight excluding hydrogens is 306 g/mol. The van der Waals surface area contributed by atoms with Crippen molar-refractivity contribution in [1.82, 2.24) is 9.80 Å². The minimum Gasteiger partial charge on any atom is -0.448 e. The highest BCUT2D eigenvalue weighted by molar-refractivity contribution is 5.78. The minimum absolute atomic E-state index is 0.115. The molecule has 1 aromatic rings. The van der Waals surface area contributed by atoms with Crippen LogP contribution in [0.5, 0.6) is 0 Å². The molecule has 0 spiro atoms. The van der Waals surface area contributed by atoms with Gasteiger partial charge < -0.3 is 15.0 Å². The number of carbonyl (C=O) groups excluding carboxylic acids is 2. The molecule has 24 heavy (non-hydrogen) atoms. The molecule has 3 aliphatic rings. The first-order valence-corrected chi connectivity index (χ1v) is 8.76. The van der Waals surface area contributed by atoms with Gasteiger partial charge >= 0.3 is 6.09 Å². The van der Waals surface area contributed by atoms with Gasteiger partial charge in [0.2, 0.25) is 5.91 Å². The van der Waals surface area contributed by atoms with Crippen molar-refractivity contribution in [1.29, 1.82) is 0 Å². The zero-order valence-electron chi connectivity index (χ0n) is 13.7. The summed E-state index contributed by atoms with van der Waals surface area (Å²) in [7, 11) is 0. The van der Waals surface area contributed by atoms with E-state index in [1.165, 1.54) is 5.56 Å². The molecule has 0 aliphatic carbocycles. The van der Waals surface area contributed by atoms with Gasteiger partial charge in [-0.3, -0.25) is 9.69 Å². The fraction of sp³-hybridized carbons (Fsp3) is 0.556. The van der Waals surface area contributed by atoms with Gasteiger partial charge in [0.05, 0.1) is 12.6 Å². The summed E-state index contributed by atoms with van der Waals surface area (Å²) in [6.07, 6.45) is 3.13. The SMILES string of the molecule is O=C(CC1CCc2ccccc2N1)N1CCC(N2CCOC2=O)C1. The maximum Gasteiger partial charge on any atom is 0.410 e. The molecule has 2 fully saturated rings. The second-order valence-corrected chi connectivity index (χ2v) is 6.83. The molecule has 0 radical (unpaired) electrons. The Hall–Kier alpha value is -2.24. The second-order valence-electron chi connectivity index (χ2n) is 6.83. The van der Waals surface area contributed by atoms with Crippen LogP contribution in [0.15, 0.2) is 24.3 Å². The maximum absolute atomic E-state index is 12.6. The first-order valence-electron chi connectivity index (χ1n) is 8.76. The molecule has 1 N–H and O–H groups in total. The average Bonchev–Trinajstić information content (AvgIpc) is 3.23. The van der Waals surface area contributed by atoms with Crippen LogP contribution >= 0.6 is 0 Å². The number of amides is 2. The summed E-state index contributed by atoms with van der Waals surface area (Å²) in [5, 5.41) is 3.49. The molecule has 2 saturated heterocycles. The lowest BCUT2D eigenvalue weighted by molar-refractivity contribution is -0.130. The molecule has 6 heteroatoms. The molecule has 2 atom stereocenters. The first-order chi connectivity index (χ1) is 11.7. The fourth-order valence-electron chi connectivity index (χ4n) is 3.95. The molecule has 2 unspecified atom stereocenters. The van der Waals surface area contributed by atoms with Gasteiger partial charge in [0, 0.05) is 31.2 Å². The summed E-state index contributed by atoms with van der Waals surface area (Å²) < 4.78 is 5.00. The number of para-hydroxylation sites is 1. The molecule has 3 heterocycles. The van der Waals surface area contributed by atoms with E-state index < -0.39 is 0 Å². The Morgan fingerprint density at radius 1 is 1.25 bits per heavy atom. The molecule has 1 aromatic carbocycles. The quantitative estimate of drug-likeness (QED) is 0.919. The average molecular weight is 329 g/mol. The number of aryl methyl sites for hydroxylation is 1. The number of ether oxygens (including phenoxy) is 1. The van der Waals surface area contributed by atoms with E-state index >= 15 is 0 Å². The largest absolute Gasteiger partial charge is 0.448 e. The van der Waals surface area contributed by atoms with Crippen LogP contribution in [0.25, 0.3) is 0 Å². The van der Waals surface area contributed by atoms with E-state index in [1.54, 1.807) is 4.90 Å². The van der Waals surface area contributed by atoms with Crippen molar-refractivity contribution in [3.8, 4) is 0 Å². The number of carbonyl (C=O) groups is 2. The van der Waals surface area contributed by atoms with Crippen molar-refractivity contribution in [3.05, 3.63) is 29.8 Å². The minimum atomic E-state index is -0.236. The van der Waals surface area contributed by atoms with E-state index in [0.717, 1.165) is 31.5 Å². The Bertz CT molecular complexity index is 648. The van der Waals surface area contributed by atoms with Crippen LogP contribution in [0.1, 0.15) is 24.8 Å². The van der Waals surface area contributed by atoms with Gasteiger partial charge in [-0.2, -0.15) is 0 Å². The first kappa shape index (κ1) is 15.3. The van der Waals surface area contributed by atoms with Crippen LogP contribution in [0.4, 0.5) is 10.5 Å². The van der Waals surface area contributed by atoms with Crippen molar-refractivity contribution >= 4 is 17.7 Å². The number of hydrogen-bond donors (Lipinski definition) is 1. The Kier molecular flexibility index (Phi) is 4.04. The predicted octanol–water partition coefficient (Wildman–Crippen LogP) is 1.86. The Morgan fingerprint density at radius 3 is 2.96 bits per heavy atom. The summed E-state index contributed by atoms with van der Waals surface area (Å²) in [5.74, 6) is 0.182. The number of anilines is 1. The molecule has 4 rings (SSSR count). The zero-order chi connectivity index (χ0) is 16.5. The van der Waals surface area contributed by atoms with Gasteiger partial charge in [0.1, 0.15) is 6.61 Å². The van der Waals surface area contributed by atoms with Gasteiger partial charge in [-0.05, 0) is 30.9 Å². The molecule has 6 nitrogen and oxygen atoms in total. The van der Waals surface area contributed by atoms with E-state index in [4.69, 9.17) is 4.74 Å². The van der Waals surface area contributed by atoms with E-state index in [9.17, 15) is 9.59 Å². The van der Waals surface area contributed by atoms with Crippen molar-refractivity contribution in [2.75, 3.05) is 31.6 Å². The molecule has 2 amide bonds. The number of nitrogens with one attached hydrogen (secondary N) is 1. The van der Waals surface area contributed by atoms with Gasteiger partial charge in [-0.1, -0.05) is 18.2 Å². The van der Waals surface area contributed by atoms with E-state index in [2.05, 4.69) is 23.5 Å². The van der Waals surface area contributed by atoms with E-state index in [0.29, 0.717) is 26.1 Å². The second kappa shape index (κ2) is 6.34. The third kappa shape index (κ3) is 2.92. The number of hydrogen-bond acceptors (Lipinski definition) is 4. The highest BCUT2D eigenvalue weighted by Crippen LogP contribution is 2.26. The number of benzene rings is 1. The third-order valence-electron chi connectivity index (χ3n) is 5.31. The standard InChI is InChI=1S/C18H23N3O3/c22-17(11-14-6-5-13-3-1-2-4-16(13)19-14)20-8-7-15(12-20)21-9-10-24-18(21)23/h1-4,14-15,19H,5-12H2. The van der Waals surface area contributed by atoms with Crippen molar-refractivity contribution < 1.29 is 14.3 Å². The van der Waals surface area contributed by atoms with Gasteiger partial charge in [0.15, 0.2) is 0 Å². The van der Waals surface area contributed by atoms with Crippen LogP contribution in [0.2, 0.25) is 0 Å². The summed E-state index contributed by atoms with van der Waals surface area (Å²) >= 11 is 0. The van der Waals surface area contributed by atoms with E-state index in [1.807, 2.05) is 11.0 Å². The maximum atomic E-state index is 12.6. The predicted molar refractivity (Wildman–Crippen MR) is 89.8 cm³/mol. The number of rotatable bonds is 3. The van der Waals surface area contributed by atoms with Gasteiger partial charge in [0.25, 0.3) is 0 Å². The topological polar surface area (TPSA) is 61.9 Å². The van der Waals surface area contributed by atoms with Crippen LogP contribution in [-0.2, 0) is 16.0 Å². The van der Waals surface area contributed by atoms with Gasteiger partial charge in [-0.25, -0.2) is 4.79 Å². The van der Waals surface area contributed by atoms with E-state index in [-0.39, 0.29) is 24.1 Å². The van der Waals surface area contributed by atoms with Crippen LogP contribution < -0.4 is 5.32 Å². The monoisotopic (exact) mass is 329 g/mol. The smallest absolute Gasteiger partial charge is 0.410 e. The lowest BCUT2D eigenvalue weighted by Gasteiger charge is -2.28. The summed E-state index contributed by atoms with van der Waals surface area (Å²) in [5.41, 5.74) is 2.48. The molecule has 0 aromatic heterocycles. The summed E-state index contributed by atoms with van der Waals surface area (Å²) in [6.45, 7) is 2.48. The Labute approximate surface area is 141 Å². The number of nitrogens with zero attached hydrogens (tertiary/aromatic N) is 2. The molecule has 0 bridgehead atoms. The Balaban J connectivity index is 1.32. The van der Waals surface area contributed by atoms with Crippen LogP contribution in [0.3, 0.4) is 0 Å².